The summed E-state index contributed by atoms with van der Waals surface area (Å²) >= 11 is 1.81. The molecule has 0 amide bonds. The Morgan fingerprint density at radius 2 is 1.89 bits per heavy atom. The van der Waals surface area contributed by atoms with Crippen molar-refractivity contribution in [1.82, 2.24) is 10.2 Å². The molecule has 3 heterocycles. The molecule has 1 N–H and O–H groups in total. The van der Waals surface area contributed by atoms with E-state index in [0.29, 0.717) is 12.1 Å². The van der Waals surface area contributed by atoms with Gasteiger partial charge in [0.15, 0.2) is 0 Å². The molecule has 0 spiro atoms. The zero-order valence-electron chi connectivity index (χ0n) is 11.9. The van der Waals surface area contributed by atoms with Crippen LogP contribution in [0.2, 0.25) is 0 Å². The number of hydrogen-bond donors (Lipinski definition) is 1. The molecule has 3 fully saturated rings. The maximum absolute atomic E-state index is 3.86. The first kappa shape index (κ1) is 13.5. The van der Waals surface area contributed by atoms with Crippen LogP contribution in [0.5, 0.6) is 0 Å². The molecule has 1 aromatic rings. The van der Waals surface area contributed by atoms with E-state index >= 15 is 0 Å². The molecular weight excluding hydrogens is 252 g/mol. The lowest BCUT2D eigenvalue weighted by atomic mass is 9.83. The van der Waals surface area contributed by atoms with Crippen molar-refractivity contribution in [3.63, 3.8) is 0 Å². The second-order valence-electron chi connectivity index (χ2n) is 5.91. The molecule has 4 rings (SSSR count). The summed E-state index contributed by atoms with van der Waals surface area (Å²) in [5, 5.41) is 3.86. The number of benzene rings is 1. The van der Waals surface area contributed by atoms with Crippen molar-refractivity contribution in [2.75, 3.05) is 25.9 Å². The second-order valence-corrected chi connectivity index (χ2v) is 6.79. The van der Waals surface area contributed by atoms with Gasteiger partial charge in [0.1, 0.15) is 0 Å². The van der Waals surface area contributed by atoms with Crippen molar-refractivity contribution in [2.45, 2.75) is 36.7 Å². The predicted molar refractivity (Wildman–Crippen MR) is 82.7 cm³/mol. The smallest absolute Gasteiger partial charge is 0.0295 e. The fraction of sp³-hybridized carbons (Fsp3) is 0.625. The number of rotatable bonds is 4. The number of fused-ring (bicyclic) bond motifs is 3. The van der Waals surface area contributed by atoms with E-state index in [2.05, 4.69) is 47.7 Å². The van der Waals surface area contributed by atoms with Crippen molar-refractivity contribution in [1.29, 1.82) is 0 Å². The molecule has 2 atom stereocenters. The zero-order chi connectivity index (χ0) is 13.2. The maximum Gasteiger partial charge on any atom is 0.0295 e. The van der Waals surface area contributed by atoms with Crippen molar-refractivity contribution in [3.8, 4) is 0 Å². The molecule has 19 heavy (non-hydrogen) atoms. The van der Waals surface area contributed by atoms with Gasteiger partial charge in [0.05, 0.1) is 0 Å². The van der Waals surface area contributed by atoms with Crippen LogP contribution in [0.4, 0.5) is 0 Å². The molecule has 3 saturated heterocycles. The Balaban J connectivity index is 1.62. The van der Waals surface area contributed by atoms with Gasteiger partial charge in [-0.05, 0) is 62.7 Å². The van der Waals surface area contributed by atoms with Gasteiger partial charge in [-0.15, -0.1) is 11.8 Å². The van der Waals surface area contributed by atoms with Crippen molar-refractivity contribution in [2.24, 2.45) is 5.92 Å². The molecule has 2 nitrogen and oxygen atoms in total. The Morgan fingerprint density at radius 3 is 2.42 bits per heavy atom. The van der Waals surface area contributed by atoms with E-state index in [1.165, 1.54) is 42.9 Å². The van der Waals surface area contributed by atoms with E-state index in [4.69, 9.17) is 0 Å². The molecule has 0 aliphatic carbocycles. The average Bonchev–Trinajstić information content (AvgIpc) is 2.48. The average molecular weight is 276 g/mol. The van der Waals surface area contributed by atoms with E-state index in [1.807, 2.05) is 11.8 Å². The van der Waals surface area contributed by atoms with Crippen LogP contribution in [0.1, 0.15) is 31.4 Å². The number of thioether (sulfide) groups is 1. The monoisotopic (exact) mass is 276 g/mol. The minimum atomic E-state index is 0.460. The minimum absolute atomic E-state index is 0.460. The van der Waals surface area contributed by atoms with E-state index in [0.717, 1.165) is 5.92 Å². The molecule has 3 aliphatic rings. The topological polar surface area (TPSA) is 15.3 Å². The van der Waals surface area contributed by atoms with Gasteiger partial charge < -0.3 is 10.2 Å². The number of hydrogen-bond acceptors (Lipinski definition) is 3. The fourth-order valence-corrected chi connectivity index (χ4v) is 3.87. The van der Waals surface area contributed by atoms with Gasteiger partial charge >= 0.3 is 0 Å². The summed E-state index contributed by atoms with van der Waals surface area (Å²) in [5.41, 5.74) is 1.41. The summed E-state index contributed by atoms with van der Waals surface area (Å²) in [5.74, 6) is 0.901. The first-order chi connectivity index (χ1) is 9.26. The Hall–Kier alpha value is -0.510. The Labute approximate surface area is 121 Å². The van der Waals surface area contributed by atoms with Crippen LogP contribution < -0.4 is 5.32 Å². The molecule has 104 valence electrons. The quantitative estimate of drug-likeness (QED) is 0.851. The fourth-order valence-electron chi connectivity index (χ4n) is 3.46. The van der Waals surface area contributed by atoms with Gasteiger partial charge in [-0.25, -0.2) is 0 Å². The van der Waals surface area contributed by atoms with E-state index in [9.17, 15) is 0 Å². The van der Waals surface area contributed by atoms with Crippen LogP contribution in [0, 0.1) is 5.92 Å². The van der Waals surface area contributed by atoms with Gasteiger partial charge in [0.25, 0.3) is 0 Å². The molecule has 0 saturated carbocycles. The van der Waals surface area contributed by atoms with Gasteiger partial charge in [-0.2, -0.15) is 0 Å². The zero-order valence-corrected chi connectivity index (χ0v) is 12.7. The molecule has 2 unspecified atom stereocenters. The van der Waals surface area contributed by atoms with Crippen LogP contribution in [-0.4, -0.2) is 36.8 Å². The highest BCUT2D eigenvalue weighted by Crippen LogP contribution is 2.29. The largest absolute Gasteiger partial charge is 0.306 e. The number of nitrogens with one attached hydrogen (secondary N) is 1. The lowest BCUT2D eigenvalue weighted by Gasteiger charge is -2.46. The van der Waals surface area contributed by atoms with Crippen LogP contribution >= 0.6 is 11.8 Å². The van der Waals surface area contributed by atoms with Crippen LogP contribution in [0.25, 0.3) is 0 Å². The van der Waals surface area contributed by atoms with Gasteiger partial charge in [0, 0.05) is 23.5 Å². The van der Waals surface area contributed by atoms with Crippen LogP contribution in [0.15, 0.2) is 29.2 Å². The minimum Gasteiger partial charge on any atom is -0.306 e. The summed E-state index contributed by atoms with van der Waals surface area (Å²) in [4.78, 5) is 3.96. The standard InChI is InChI=1S/C16H24N2S/c1-12(13-3-5-15(19-2)6-4-13)17-16-11-18-9-7-14(16)8-10-18/h3-6,12,14,16-17H,7-11H2,1-2H3. The van der Waals surface area contributed by atoms with Crippen molar-refractivity contribution < 1.29 is 0 Å². The highest BCUT2D eigenvalue weighted by molar-refractivity contribution is 7.98. The third-order valence-electron chi connectivity index (χ3n) is 4.74. The Kier molecular flexibility index (Phi) is 4.15. The third kappa shape index (κ3) is 2.99. The van der Waals surface area contributed by atoms with Gasteiger partial charge in [-0.1, -0.05) is 12.1 Å². The first-order valence-corrected chi connectivity index (χ1v) is 8.61. The third-order valence-corrected chi connectivity index (χ3v) is 5.48. The molecule has 0 aromatic heterocycles. The Morgan fingerprint density at radius 1 is 1.21 bits per heavy atom. The lowest BCUT2D eigenvalue weighted by molar-refractivity contribution is 0.0680. The predicted octanol–water partition coefficient (Wildman–Crippen LogP) is 3.15. The van der Waals surface area contributed by atoms with Crippen LogP contribution in [-0.2, 0) is 0 Å². The van der Waals surface area contributed by atoms with Crippen molar-refractivity contribution in [3.05, 3.63) is 29.8 Å². The van der Waals surface area contributed by atoms with E-state index < -0.39 is 0 Å². The van der Waals surface area contributed by atoms with Crippen LogP contribution in [0.3, 0.4) is 0 Å². The molecule has 1 aromatic carbocycles. The highest BCUT2D eigenvalue weighted by Gasteiger charge is 2.34. The summed E-state index contributed by atoms with van der Waals surface area (Å²) in [6.45, 7) is 6.18. The van der Waals surface area contributed by atoms with Gasteiger partial charge in [0.2, 0.25) is 0 Å². The maximum atomic E-state index is 3.86. The number of piperidine rings is 3. The highest BCUT2D eigenvalue weighted by atomic mass is 32.2. The Bertz CT molecular complexity index is 409. The molecule has 0 radical (unpaired) electrons. The summed E-state index contributed by atoms with van der Waals surface area (Å²) in [6.07, 6.45) is 4.90. The molecular formula is C16H24N2S. The van der Waals surface area contributed by atoms with E-state index in [-0.39, 0.29) is 0 Å². The number of nitrogens with zero attached hydrogens (tertiary/aromatic N) is 1. The SMILES string of the molecule is CSc1ccc(C(C)NC2CN3CCC2CC3)cc1. The molecule has 3 heteroatoms. The summed E-state index contributed by atoms with van der Waals surface area (Å²) in [6, 6.07) is 10.2. The molecule has 2 bridgehead atoms. The normalized spacial score (nSPS) is 31.4. The lowest BCUT2D eigenvalue weighted by Crippen LogP contribution is -2.56. The van der Waals surface area contributed by atoms with Gasteiger partial charge in [-0.3, -0.25) is 0 Å². The van der Waals surface area contributed by atoms with Crippen molar-refractivity contribution >= 4 is 11.8 Å². The first-order valence-electron chi connectivity index (χ1n) is 7.38. The summed E-state index contributed by atoms with van der Waals surface area (Å²) < 4.78 is 0. The van der Waals surface area contributed by atoms with E-state index in [1.54, 1.807) is 0 Å². The summed E-state index contributed by atoms with van der Waals surface area (Å²) in [7, 11) is 0. The second kappa shape index (κ2) is 5.86. The molecule has 3 aliphatic heterocycles.